The van der Waals surface area contributed by atoms with Crippen LogP contribution in [0.4, 0.5) is 0 Å². The molecule has 0 aromatic rings. The number of carboxylic acid groups (broad SMARTS) is 1. The van der Waals surface area contributed by atoms with E-state index >= 15 is 0 Å². The molecule has 0 aliphatic heterocycles. The molecule has 17 heavy (non-hydrogen) atoms. The fraction of sp³-hybridized carbons (Fsp3) is 0.769. The predicted octanol–water partition coefficient (Wildman–Crippen LogP) is 1.80. The van der Waals surface area contributed by atoms with Gasteiger partial charge in [-0.1, -0.05) is 26.8 Å². The Morgan fingerprint density at radius 2 is 2.06 bits per heavy atom. The summed E-state index contributed by atoms with van der Waals surface area (Å²) in [6.45, 7) is 7.74. The van der Waals surface area contributed by atoms with Gasteiger partial charge in [-0.3, -0.25) is 0 Å². The van der Waals surface area contributed by atoms with E-state index in [1.807, 2.05) is 6.92 Å². The van der Waals surface area contributed by atoms with E-state index in [2.05, 4.69) is 19.2 Å². The molecular formula is C13H25NO3. The Kier molecular flexibility index (Phi) is 7.83. The predicted molar refractivity (Wildman–Crippen MR) is 69.0 cm³/mol. The summed E-state index contributed by atoms with van der Waals surface area (Å²) in [6.07, 6.45) is 4.04. The van der Waals surface area contributed by atoms with Gasteiger partial charge in [-0.05, 0) is 24.7 Å². The van der Waals surface area contributed by atoms with E-state index < -0.39 is 5.97 Å². The molecule has 0 unspecified atom stereocenters. The molecule has 0 fully saturated rings. The van der Waals surface area contributed by atoms with Crippen LogP contribution in [0.25, 0.3) is 0 Å². The molecule has 0 spiro atoms. The topological polar surface area (TPSA) is 69.6 Å². The first kappa shape index (κ1) is 16.1. The summed E-state index contributed by atoms with van der Waals surface area (Å²) in [5, 5.41) is 20.8. The van der Waals surface area contributed by atoms with Crippen molar-refractivity contribution in [2.45, 2.75) is 40.0 Å². The van der Waals surface area contributed by atoms with Gasteiger partial charge < -0.3 is 15.5 Å². The van der Waals surface area contributed by atoms with E-state index in [0.29, 0.717) is 18.5 Å². The fourth-order valence-corrected chi connectivity index (χ4v) is 1.63. The lowest BCUT2D eigenvalue weighted by atomic mass is 9.88. The molecule has 0 aromatic carbocycles. The summed E-state index contributed by atoms with van der Waals surface area (Å²) in [6, 6.07) is 0. The summed E-state index contributed by atoms with van der Waals surface area (Å²) < 4.78 is 0. The molecule has 100 valence electrons. The molecule has 0 aromatic heterocycles. The maximum Gasteiger partial charge on any atom is 0.331 e. The van der Waals surface area contributed by atoms with Crippen LogP contribution in [-0.4, -0.2) is 35.9 Å². The minimum absolute atomic E-state index is 0.131. The lowest BCUT2D eigenvalue weighted by Gasteiger charge is -2.24. The molecular weight excluding hydrogens is 218 g/mol. The molecule has 0 radical (unpaired) electrons. The van der Waals surface area contributed by atoms with Gasteiger partial charge in [0.15, 0.2) is 0 Å². The zero-order valence-corrected chi connectivity index (χ0v) is 11.1. The molecule has 4 heteroatoms. The van der Waals surface area contributed by atoms with Gasteiger partial charge in [-0.15, -0.1) is 0 Å². The molecule has 4 nitrogen and oxygen atoms in total. The highest BCUT2D eigenvalue weighted by molar-refractivity contribution is 5.86. The average molecular weight is 243 g/mol. The maximum atomic E-state index is 10.7. The normalized spacial score (nSPS) is 12.8. The lowest BCUT2D eigenvalue weighted by molar-refractivity contribution is -0.132. The standard InChI is InChI=1S/C13H25NO3/c1-4-11(12(16)17)6-8-14-10-13(2,3)7-5-9-15/h6,14-15H,4-5,7-10H2,1-3H3,(H,16,17). The van der Waals surface area contributed by atoms with E-state index in [0.717, 1.165) is 19.4 Å². The van der Waals surface area contributed by atoms with Crippen molar-refractivity contribution in [1.29, 1.82) is 0 Å². The number of carbonyl (C=O) groups is 1. The quantitative estimate of drug-likeness (QED) is 0.426. The Hall–Kier alpha value is -0.870. The summed E-state index contributed by atoms with van der Waals surface area (Å²) in [4.78, 5) is 10.7. The van der Waals surface area contributed by atoms with Gasteiger partial charge in [0, 0.05) is 25.3 Å². The third-order valence-corrected chi connectivity index (χ3v) is 2.76. The first-order valence-corrected chi connectivity index (χ1v) is 6.17. The smallest absolute Gasteiger partial charge is 0.331 e. The third-order valence-electron chi connectivity index (χ3n) is 2.76. The number of rotatable bonds is 9. The van der Waals surface area contributed by atoms with Gasteiger partial charge >= 0.3 is 5.97 Å². The van der Waals surface area contributed by atoms with Gasteiger partial charge in [0.05, 0.1) is 0 Å². The molecule has 0 rings (SSSR count). The molecule has 0 heterocycles. The second-order valence-corrected chi connectivity index (χ2v) is 5.01. The number of nitrogens with one attached hydrogen (secondary N) is 1. The van der Waals surface area contributed by atoms with E-state index in [-0.39, 0.29) is 12.0 Å². The van der Waals surface area contributed by atoms with E-state index in [1.54, 1.807) is 6.08 Å². The first-order chi connectivity index (χ1) is 7.93. The average Bonchev–Trinajstić information content (AvgIpc) is 2.26. The van der Waals surface area contributed by atoms with Crippen LogP contribution >= 0.6 is 0 Å². The van der Waals surface area contributed by atoms with E-state index in [4.69, 9.17) is 10.2 Å². The highest BCUT2D eigenvalue weighted by Crippen LogP contribution is 2.20. The van der Waals surface area contributed by atoms with Crippen LogP contribution in [0.3, 0.4) is 0 Å². The van der Waals surface area contributed by atoms with Gasteiger partial charge in [-0.2, -0.15) is 0 Å². The molecule has 0 saturated heterocycles. The number of carboxylic acids is 1. The zero-order valence-electron chi connectivity index (χ0n) is 11.1. The number of aliphatic carboxylic acids is 1. The van der Waals surface area contributed by atoms with Gasteiger partial charge in [0.25, 0.3) is 0 Å². The van der Waals surface area contributed by atoms with Crippen LogP contribution in [0.15, 0.2) is 11.6 Å². The van der Waals surface area contributed by atoms with Gasteiger partial charge in [0.2, 0.25) is 0 Å². The van der Waals surface area contributed by atoms with Crippen LogP contribution in [0, 0.1) is 5.41 Å². The SMILES string of the molecule is CCC(=CCNCC(C)(C)CCCO)C(=O)O. The Morgan fingerprint density at radius 1 is 1.41 bits per heavy atom. The van der Waals surface area contributed by atoms with Gasteiger partial charge in [-0.25, -0.2) is 4.79 Å². The van der Waals surface area contributed by atoms with Crippen molar-refractivity contribution in [3.8, 4) is 0 Å². The molecule has 0 saturated carbocycles. The second kappa shape index (κ2) is 8.25. The van der Waals surface area contributed by atoms with Crippen molar-refractivity contribution < 1.29 is 15.0 Å². The summed E-state index contributed by atoms with van der Waals surface area (Å²) in [5.41, 5.74) is 0.581. The number of hydrogen-bond acceptors (Lipinski definition) is 3. The van der Waals surface area contributed by atoms with Crippen LogP contribution in [0.5, 0.6) is 0 Å². The van der Waals surface area contributed by atoms with Crippen molar-refractivity contribution in [3.63, 3.8) is 0 Å². The van der Waals surface area contributed by atoms with E-state index in [9.17, 15) is 4.79 Å². The highest BCUT2D eigenvalue weighted by atomic mass is 16.4. The molecule has 3 N–H and O–H groups in total. The van der Waals surface area contributed by atoms with Crippen molar-refractivity contribution in [1.82, 2.24) is 5.32 Å². The molecule has 0 atom stereocenters. The van der Waals surface area contributed by atoms with Crippen molar-refractivity contribution in [2.75, 3.05) is 19.7 Å². The highest BCUT2D eigenvalue weighted by Gasteiger charge is 2.16. The van der Waals surface area contributed by atoms with E-state index in [1.165, 1.54) is 0 Å². The minimum Gasteiger partial charge on any atom is -0.478 e. The Balaban J connectivity index is 3.94. The van der Waals surface area contributed by atoms with Crippen molar-refractivity contribution >= 4 is 5.97 Å². The zero-order chi connectivity index (χ0) is 13.3. The lowest BCUT2D eigenvalue weighted by Crippen LogP contribution is -2.30. The summed E-state index contributed by atoms with van der Waals surface area (Å²) in [7, 11) is 0. The second-order valence-electron chi connectivity index (χ2n) is 5.01. The number of hydrogen-bond donors (Lipinski definition) is 3. The van der Waals surface area contributed by atoms with Crippen LogP contribution in [0.1, 0.15) is 40.0 Å². The molecule has 0 aliphatic rings. The fourth-order valence-electron chi connectivity index (χ4n) is 1.63. The monoisotopic (exact) mass is 243 g/mol. The maximum absolute atomic E-state index is 10.7. The molecule has 0 aliphatic carbocycles. The van der Waals surface area contributed by atoms with Gasteiger partial charge in [0.1, 0.15) is 0 Å². The van der Waals surface area contributed by atoms with Crippen molar-refractivity contribution in [3.05, 3.63) is 11.6 Å². The number of aliphatic hydroxyl groups excluding tert-OH is 1. The summed E-state index contributed by atoms with van der Waals surface area (Å²) >= 11 is 0. The number of aliphatic hydroxyl groups is 1. The Labute approximate surface area is 104 Å². The minimum atomic E-state index is -0.839. The summed E-state index contributed by atoms with van der Waals surface area (Å²) in [5.74, 6) is -0.839. The van der Waals surface area contributed by atoms with Crippen LogP contribution in [-0.2, 0) is 4.79 Å². The third kappa shape index (κ3) is 7.94. The van der Waals surface area contributed by atoms with Crippen LogP contribution in [0.2, 0.25) is 0 Å². The Morgan fingerprint density at radius 3 is 2.53 bits per heavy atom. The largest absolute Gasteiger partial charge is 0.478 e. The van der Waals surface area contributed by atoms with Crippen molar-refractivity contribution in [2.24, 2.45) is 5.41 Å². The Bertz CT molecular complexity index is 259. The van der Waals surface area contributed by atoms with Crippen LogP contribution < -0.4 is 5.32 Å². The molecule has 0 bridgehead atoms. The first-order valence-electron chi connectivity index (χ1n) is 6.17. The molecule has 0 amide bonds.